The summed E-state index contributed by atoms with van der Waals surface area (Å²) in [6.45, 7) is 4.73. The van der Waals surface area contributed by atoms with Crippen LogP contribution in [0.2, 0.25) is 0 Å². The molecule has 1 heterocycles. The lowest BCUT2D eigenvalue weighted by atomic mass is 10.1. The van der Waals surface area contributed by atoms with Crippen LogP contribution in [0.5, 0.6) is 0 Å². The van der Waals surface area contributed by atoms with E-state index < -0.39 is 0 Å². The maximum absolute atomic E-state index is 12.6. The Balaban J connectivity index is 1.97. The molecule has 1 aromatic rings. The number of hydrogen-bond acceptors (Lipinski definition) is 3. The molecule has 0 saturated carbocycles. The zero-order valence-corrected chi connectivity index (χ0v) is 13.2. The molecule has 2 rings (SSSR count). The molecule has 4 nitrogen and oxygen atoms in total. The minimum atomic E-state index is -0.0746. The molecule has 3 atom stereocenters. The number of amides is 1. The summed E-state index contributed by atoms with van der Waals surface area (Å²) in [4.78, 5) is 14.6. The van der Waals surface area contributed by atoms with Gasteiger partial charge in [0.05, 0.1) is 24.9 Å². The lowest BCUT2D eigenvalue weighted by Gasteiger charge is -2.29. The van der Waals surface area contributed by atoms with Gasteiger partial charge >= 0.3 is 0 Å². The third-order valence-electron chi connectivity index (χ3n) is 4.12. The van der Waals surface area contributed by atoms with Gasteiger partial charge in [-0.2, -0.15) is 0 Å². The Bertz CT molecular complexity index is 449. The summed E-state index contributed by atoms with van der Waals surface area (Å²) in [6, 6.07) is 10.4. The van der Waals surface area contributed by atoms with Crippen LogP contribution in [0.1, 0.15) is 32.3 Å². The highest BCUT2D eigenvalue weighted by atomic mass is 16.5. The second-order valence-electron chi connectivity index (χ2n) is 5.72. The van der Waals surface area contributed by atoms with Gasteiger partial charge in [-0.3, -0.25) is 10.1 Å². The Labute approximate surface area is 127 Å². The van der Waals surface area contributed by atoms with Crippen molar-refractivity contribution in [2.24, 2.45) is 0 Å². The molecule has 4 heteroatoms. The number of benzene rings is 1. The smallest absolute Gasteiger partial charge is 0.241 e. The molecule has 1 aliphatic rings. The van der Waals surface area contributed by atoms with Gasteiger partial charge in [-0.1, -0.05) is 37.3 Å². The van der Waals surface area contributed by atoms with Crippen LogP contribution in [0.25, 0.3) is 0 Å². The molecular weight excluding hydrogens is 264 g/mol. The Kier molecular flexibility index (Phi) is 5.76. The van der Waals surface area contributed by atoms with E-state index in [0.29, 0.717) is 6.61 Å². The van der Waals surface area contributed by atoms with Crippen molar-refractivity contribution in [2.45, 2.75) is 51.4 Å². The minimum Gasteiger partial charge on any atom is -0.383 e. The van der Waals surface area contributed by atoms with E-state index in [-0.39, 0.29) is 24.2 Å². The normalized spacial score (nSPS) is 23.6. The van der Waals surface area contributed by atoms with Gasteiger partial charge in [0, 0.05) is 7.11 Å². The number of carbonyl (C=O) groups is 1. The maximum atomic E-state index is 12.6. The first-order valence-electron chi connectivity index (χ1n) is 7.78. The van der Waals surface area contributed by atoms with Crippen LogP contribution in [0.4, 0.5) is 0 Å². The topological polar surface area (TPSA) is 41.6 Å². The van der Waals surface area contributed by atoms with Gasteiger partial charge in [-0.15, -0.1) is 0 Å². The third-order valence-corrected chi connectivity index (χ3v) is 4.12. The molecule has 0 spiro atoms. The van der Waals surface area contributed by atoms with Crippen LogP contribution in [0.15, 0.2) is 30.3 Å². The quantitative estimate of drug-likeness (QED) is 0.837. The van der Waals surface area contributed by atoms with Crippen LogP contribution < -0.4 is 5.32 Å². The predicted molar refractivity (Wildman–Crippen MR) is 83.9 cm³/mol. The van der Waals surface area contributed by atoms with E-state index in [9.17, 15) is 4.79 Å². The Hall–Kier alpha value is -1.39. The monoisotopic (exact) mass is 290 g/mol. The summed E-state index contributed by atoms with van der Waals surface area (Å²) in [7, 11) is 1.68. The molecule has 21 heavy (non-hydrogen) atoms. The maximum Gasteiger partial charge on any atom is 0.241 e. The number of aryl methyl sites for hydroxylation is 1. The molecule has 0 aromatic heterocycles. The fraction of sp³-hybridized carbons (Fsp3) is 0.588. The molecule has 0 radical (unpaired) electrons. The van der Waals surface area contributed by atoms with Crippen molar-refractivity contribution in [1.82, 2.24) is 10.2 Å². The largest absolute Gasteiger partial charge is 0.383 e. The SMILES string of the molecule is CCC1NC(CCc2ccccc2)C(=O)N1C(C)COC. The van der Waals surface area contributed by atoms with E-state index in [4.69, 9.17) is 4.74 Å². The highest BCUT2D eigenvalue weighted by Gasteiger charge is 2.39. The van der Waals surface area contributed by atoms with Crippen molar-refractivity contribution < 1.29 is 9.53 Å². The molecule has 3 unspecified atom stereocenters. The van der Waals surface area contributed by atoms with E-state index in [1.165, 1.54) is 5.56 Å². The van der Waals surface area contributed by atoms with Crippen LogP contribution >= 0.6 is 0 Å². The van der Waals surface area contributed by atoms with E-state index in [0.717, 1.165) is 19.3 Å². The molecule has 1 saturated heterocycles. The van der Waals surface area contributed by atoms with Crippen molar-refractivity contribution in [1.29, 1.82) is 0 Å². The van der Waals surface area contributed by atoms with Crippen LogP contribution in [-0.4, -0.2) is 42.8 Å². The van der Waals surface area contributed by atoms with Crippen LogP contribution in [0, 0.1) is 0 Å². The summed E-state index contributed by atoms with van der Waals surface area (Å²) in [6.07, 6.45) is 2.81. The van der Waals surface area contributed by atoms with Gasteiger partial charge < -0.3 is 9.64 Å². The van der Waals surface area contributed by atoms with Gasteiger partial charge in [0.15, 0.2) is 0 Å². The summed E-state index contributed by atoms with van der Waals surface area (Å²) >= 11 is 0. The summed E-state index contributed by atoms with van der Waals surface area (Å²) in [5.41, 5.74) is 1.28. The van der Waals surface area contributed by atoms with Gasteiger partial charge in [0.25, 0.3) is 0 Å². The number of methoxy groups -OCH3 is 1. The lowest BCUT2D eigenvalue weighted by molar-refractivity contribution is -0.133. The van der Waals surface area contributed by atoms with E-state index in [1.54, 1.807) is 7.11 Å². The molecule has 1 amide bonds. The standard InChI is InChI=1S/C17H26N2O2/c1-4-16-18-15(11-10-14-8-6-5-7-9-14)17(20)19(16)13(2)12-21-3/h5-9,13,15-16,18H,4,10-12H2,1-3H3. The van der Waals surface area contributed by atoms with Gasteiger partial charge in [0.2, 0.25) is 5.91 Å². The lowest BCUT2D eigenvalue weighted by Crippen LogP contribution is -2.44. The summed E-state index contributed by atoms with van der Waals surface area (Å²) < 4.78 is 5.20. The molecule has 1 aromatic carbocycles. The second-order valence-corrected chi connectivity index (χ2v) is 5.72. The highest BCUT2D eigenvalue weighted by Crippen LogP contribution is 2.20. The Morgan fingerprint density at radius 2 is 2.05 bits per heavy atom. The number of nitrogens with zero attached hydrogens (tertiary/aromatic N) is 1. The molecule has 1 fully saturated rings. The fourth-order valence-corrected chi connectivity index (χ4v) is 3.04. The minimum absolute atomic E-state index is 0.0746. The first-order valence-corrected chi connectivity index (χ1v) is 7.78. The first kappa shape index (κ1) is 16.0. The molecule has 116 valence electrons. The molecule has 1 aliphatic heterocycles. The number of carbonyl (C=O) groups excluding carboxylic acids is 1. The number of nitrogens with one attached hydrogen (secondary N) is 1. The average molecular weight is 290 g/mol. The van der Waals surface area contributed by atoms with Crippen molar-refractivity contribution in [2.75, 3.05) is 13.7 Å². The Morgan fingerprint density at radius 3 is 2.67 bits per heavy atom. The van der Waals surface area contributed by atoms with Gasteiger partial charge in [-0.25, -0.2) is 0 Å². The zero-order valence-electron chi connectivity index (χ0n) is 13.2. The Morgan fingerprint density at radius 1 is 1.33 bits per heavy atom. The predicted octanol–water partition coefficient (Wildman–Crippen LogP) is 2.19. The number of hydrogen-bond donors (Lipinski definition) is 1. The van der Waals surface area contributed by atoms with Gasteiger partial charge in [0.1, 0.15) is 0 Å². The summed E-state index contributed by atoms with van der Waals surface area (Å²) in [5, 5.41) is 3.47. The third kappa shape index (κ3) is 3.83. The number of ether oxygens (including phenoxy) is 1. The van der Waals surface area contributed by atoms with Crippen LogP contribution in [0.3, 0.4) is 0 Å². The van der Waals surface area contributed by atoms with Gasteiger partial charge in [-0.05, 0) is 31.7 Å². The van der Waals surface area contributed by atoms with E-state index >= 15 is 0 Å². The van der Waals surface area contributed by atoms with E-state index in [2.05, 4.69) is 24.4 Å². The summed E-state index contributed by atoms with van der Waals surface area (Å²) in [5.74, 6) is 0.210. The van der Waals surface area contributed by atoms with Crippen molar-refractivity contribution in [3.05, 3.63) is 35.9 Å². The number of rotatable bonds is 7. The zero-order chi connectivity index (χ0) is 15.2. The van der Waals surface area contributed by atoms with Crippen molar-refractivity contribution >= 4 is 5.91 Å². The average Bonchev–Trinajstić information content (AvgIpc) is 2.82. The van der Waals surface area contributed by atoms with Crippen molar-refractivity contribution in [3.8, 4) is 0 Å². The van der Waals surface area contributed by atoms with Crippen LogP contribution in [-0.2, 0) is 16.0 Å². The van der Waals surface area contributed by atoms with E-state index in [1.807, 2.05) is 30.0 Å². The molecule has 0 aliphatic carbocycles. The first-order chi connectivity index (χ1) is 10.2. The molecular formula is C17H26N2O2. The second kappa shape index (κ2) is 7.57. The fourth-order valence-electron chi connectivity index (χ4n) is 3.04. The highest BCUT2D eigenvalue weighted by molar-refractivity contribution is 5.84. The molecule has 1 N–H and O–H groups in total. The molecule has 0 bridgehead atoms. The van der Waals surface area contributed by atoms with Crippen molar-refractivity contribution in [3.63, 3.8) is 0 Å².